The summed E-state index contributed by atoms with van der Waals surface area (Å²) in [7, 11) is 0. The van der Waals surface area contributed by atoms with Crippen LogP contribution in [0.15, 0.2) is 48.5 Å². The predicted octanol–water partition coefficient (Wildman–Crippen LogP) is 4.23. The van der Waals surface area contributed by atoms with Crippen molar-refractivity contribution in [2.45, 2.75) is 19.8 Å². The monoisotopic (exact) mass is 386 g/mol. The fourth-order valence-electron chi connectivity index (χ4n) is 3.24. The van der Waals surface area contributed by atoms with Gasteiger partial charge in [0.05, 0.1) is 18.2 Å². The summed E-state index contributed by atoms with van der Waals surface area (Å²) in [5, 5.41) is 3.55. The second-order valence-corrected chi connectivity index (χ2v) is 6.95. The van der Waals surface area contributed by atoms with Gasteiger partial charge < -0.3 is 15.0 Å². The number of likely N-dealkylation sites (tertiary alicyclic amines) is 1. The Bertz CT molecular complexity index is 807. The smallest absolute Gasteiger partial charge is 0.253 e. The van der Waals surface area contributed by atoms with Crippen LogP contribution in [0.25, 0.3) is 0 Å². The molecule has 1 fully saturated rings. The van der Waals surface area contributed by atoms with E-state index < -0.39 is 0 Å². The lowest BCUT2D eigenvalue weighted by molar-refractivity contribution is -0.121. The molecular weight excluding hydrogens is 364 g/mol. The molecule has 0 spiro atoms. The normalized spacial score (nSPS) is 16.7. The van der Waals surface area contributed by atoms with Gasteiger partial charge >= 0.3 is 0 Å². The van der Waals surface area contributed by atoms with Crippen LogP contribution in [-0.2, 0) is 4.79 Å². The average molecular weight is 387 g/mol. The largest absolute Gasteiger partial charge is 0.492 e. The minimum atomic E-state index is -0.246. The van der Waals surface area contributed by atoms with Crippen LogP contribution in [-0.4, -0.2) is 36.4 Å². The van der Waals surface area contributed by atoms with E-state index in [1.54, 1.807) is 29.2 Å². The molecule has 1 heterocycles. The van der Waals surface area contributed by atoms with Gasteiger partial charge in [-0.05, 0) is 56.2 Å². The van der Waals surface area contributed by atoms with E-state index in [1.807, 2.05) is 31.2 Å². The summed E-state index contributed by atoms with van der Waals surface area (Å²) >= 11 is 5.89. The quantitative estimate of drug-likeness (QED) is 0.836. The number of hydrogen-bond acceptors (Lipinski definition) is 3. The first-order valence-electron chi connectivity index (χ1n) is 9.16. The summed E-state index contributed by atoms with van der Waals surface area (Å²) in [6, 6.07) is 14.2. The third-order valence-corrected chi connectivity index (χ3v) is 4.87. The van der Waals surface area contributed by atoms with Crippen molar-refractivity contribution >= 4 is 29.1 Å². The zero-order chi connectivity index (χ0) is 19.2. The summed E-state index contributed by atoms with van der Waals surface area (Å²) in [5.74, 6) is 0.248. The van der Waals surface area contributed by atoms with E-state index in [0.29, 0.717) is 41.7 Å². The van der Waals surface area contributed by atoms with Gasteiger partial charge in [0, 0.05) is 23.7 Å². The van der Waals surface area contributed by atoms with E-state index in [4.69, 9.17) is 16.3 Å². The molecule has 27 heavy (non-hydrogen) atoms. The molecule has 2 aromatic rings. The number of nitrogens with one attached hydrogen (secondary N) is 1. The fourth-order valence-corrected chi connectivity index (χ4v) is 3.36. The maximum absolute atomic E-state index is 12.8. The van der Waals surface area contributed by atoms with Crippen LogP contribution in [0.2, 0.25) is 5.02 Å². The number of para-hydroxylation sites is 2. The molecule has 0 bridgehead atoms. The molecule has 1 N–H and O–H groups in total. The highest BCUT2D eigenvalue weighted by Crippen LogP contribution is 2.26. The maximum Gasteiger partial charge on any atom is 0.253 e. The summed E-state index contributed by atoms with van der Waals surface area (Å²) in [4.78, 5) is 27.2. The molecule has 0 saturated carbocycles. The van der Waals surface area contributed by atoms with E-state index >= 15 is 0 Å². The molecule has 1 atom stereocenters. The van der Waals surface area contributed by atoms with E-state index in [-0.39, 0.29) is 17.7 Å². The minimum absolute atomic E-state index is 0.0705. The maximum atomic E-state index is 12.8. The average Bonchev–Trinajstić information content (AvgIpc) is 2.70. The second-order valence-electron chi connectivity index (χ2n) is 6.52. The molecule has 1 aliphatic rings. The number of ether oxygens (including phenoxy) is 1. The summed E-state index contributed by atoms with van der Waals surface area (Å²) in [6.45, 7) is 3.49. The molecule has 0 unspecified atom stereocenters. The molecule has 142 valence electrons. The van der Waals surface area contributed by atoms with E-state index in [0.717, 1.165) is 12.8 Å². The Labute approximate surface area is 164 Å². The lowest BCUT2D eigenvalue weighted by Crippen LogP contribution is -2.43. The Balaban J connectivity index is 1.66. The Kier molecular flexibility index (Phi) is 6.35. The molecular formula is C21H23ClN2O3. The van der Waals surface area contributed by atoms with Crippen LogP contribution in [0.5, 0.6) is 5.75 Å². The second kappa shape index (κ2) is 8.91. The van der Waals surface area contributed by atoms with Gasteiger partial charge in [-0.15, -0.1) is 0 Å². The van der Waals surface area contributed by atoms with Crippen molar-refractivity contribution in [3.8, 4) is 5.75 Å². The van der Waals surface area contributed by atoms with Crippen LogP contribution < -0.4 is 10.1 Å². The molecule has 0 aliphatic carbocycles. The third-order valence-electron chi connectivity index (χ3n) is 4.62. The summed E-state index contributed by atoms with van der Waals surface area (Å²) in [6.07, 6.45) is 1.55. The number of hydrogen-bond donors (Lipinski definition) is 1. The highest BCUT2D eigenvalue weighted by atomic mass is 35.5. The zero-order valence-electron chi connectivity index (χ0n) is 15.3. The molecule has 3 rings (SSSR count). The Morgan fingerprint density at radius 2 is 1.93 bits per heavy atom. The van der Waals surface area contributed by atoms with Crippen molar-refractivity contribution in [2.75, 3.05) is 25.0 Å². The summed E-state index contributed by atoms with van der Waals surface area (Å²) in [5.41, 5.74) is 1.24. The van der Waals surface area contributed by atoms with Crippen molar-refractivity contribution < 1.29 is 14.3 Å². The van der Waals surface area contributed by atoms with Crippen LogP contribution in [0.1, 0.15) is 30.1 Å². The lowest BCUT2D eigenvalue weighted by Gasteiger charge is -2.32. The van der Waals surface area contributed by atoms with Crippen LogP contribution in [0.4, 0.5) is 5.69 Å². The lowest BCUT2D eigenvalue weighted by atomic mass is 9.96. The molecule has 0 aromatic heterocycles. The van der Waals surface area contributed by atoms with Gasteiger partial charge in [0.2, 0.25) is 5.91 Å². The van der Waals surface area contributed by atoms with Gasteiger partial charge in [-0.1, -0.05) is 23.7 Å². The van der Waals surface area contributed by atoms with Crippen molar-refractivity contribution in [2.24, 2.45) is 5.92 Å². The molecule has 0 radical (unpaired) electrons. The van der Waals surface area contributed by atoms with Crippen molar-refractivity contribution in [1.29, 1.82) is 0 Å². The SMILES string of the molecule is CCOc1ccccc1NC(=O)[C@@H]1CCCN(C(=O)c2ccc(Cl)cc2)C1. The molecule has 2 amide bonds. The van der Waals surface area contributed by atoms with Crippen molar-refractivity contribution in [1.82, 2.24) is 4.90 Å². The number of carbonyl (C=O) groups excluding carboxylic acids is 2. The van der Waals surface area contributed by atoms with Gasteiger partial charge in [-0.25, -0.2) is 0 Å². The van der Waals surface area contributed by atoms with Crippen LogP contribution >= 0.6 is 11.6 Å². The van der Waals surface area contributed by atoms with E-state index in [9.17, 15) is 9.59 Å². The van der Waals surface area contributed by atoms with Gasteiger partial charge in [-0.3, -0.25) is 9.59 Å². The standard InChI is InChI=1S/C21H23ClN2O3/c1-2-27-19-8-4-3-7-18(19)23-20(25)16-6-5-13-24(14-16)21(26)15-9-11-17(22)12-10-15/h3-4,7-12,16H,2,5-6,13-14H2,1H3,(H,23,25)/t16-/m1/s1. The highest BCUT2D eigenvalue weighted by molar-refractivity contribution is 6.30. The van der Waals surface area contributed by atoms with E-state index in [1.165, 1.54) is 0 Å². The molecule has 6 heteroatoms. The number of anilines is 1. The van der Waals surface area contributed by atoms with Gasteiger partial charge in [-0.2, -0.15) is 0 Å². The number of piperidine rings is 1. The number of amides is 2. The van der Waals surface area contributed by atoms with E-state index in [2.05, 4.69) is 5.32 Å². The Hall–Kier alpha value is -2.53. The highest BCUT2D eigenvalue weighted by Gasteiger charge is 2.29. The number of carbonyl (C=O) groups is 2. The predicted molar refractivity (Wildman–Crippen MR) is 106 cm³/mol. The van der Waals surface area contributed by atoms with Gasteiger partial charge in [0.1, 0.15) is 5.75 Å². The number of halogens is 1. The van der Waals surface area contributed by atoms with Crippen LogP contribution in [0, 0.1) is 5.92 Å². The Morgan fingerprint density at radius 1 is 1.19 bits per heavy atom. The first kappa shape index (κ1) is 19.2. The molecule has 5 nitrogen and oxygen atoms in total. The number of nitrogens with zero attached hydrogens (tertiary/aromatic N) is 1. The first-order chi connectivity index (χ1) is 13.1. The zero-order valence-corrected chi connectivity index (χ0v) is 16.0. The molecule has 1 saturated heterocycles. The van der Waals surface area contributed by atoms with Gasteiger partial charge in [0.25, 0.3) is 5.91 Å². The molecule has 2 aromatic carbocycles. The van der Waals surface area contributed by atoms with Crippen LogP contribution in [0.3, 0.4) is 0 Å². The van der Waals surface area contributed by atoms with Crippen molar-refractivity contribution in [3.63, 3.8) is 0 Å². The van der Waals surface area contributed by atoms with Gasteiger partial charge in [0.15, 0.2) is 0 Å². The number of rotatable bonds is 5. The Morgan fingerprint density at radius 3 is 2.67 bits per heavy atom. The minimum Gasteiger partial charge on any atom is -0.492 e. The third kappa shape index (κ3) is 4.80. The fraction of sp³-hybridized carbons (Fsp3) is 0.333. The topological polar surface area (TPSA) is 58.6 Å². The van der Waals surface area contributed by atoms with Crippen molar-refractivity contribution in [3.05, 3.63) is 59.1 Å². The summed E-state index contributed by atoms with van der Waals surface area (Å²) < 4.78 is 5.56. The molecule has 1 aliphatic heterocycles. The first-order valence-corrected chi connectivity index (χ1v) is 9.54. The number of benzene rings is 2.